The molecule has 6 nitrogen and oxygen atoms in total. The van der Waals surface area contributed by atoms with Crippen molar-refractivity contribution in [3.63, 3.8) is 0 Å². The van der Waals surface area contributed by atoms with Crippen molar-refractivity contribution in [3.8, 4) is 0 Å². The Morgan fingerprint density at radius 2 is 1.69 bits per heavy atom. The molecule has 0 aliphatic carbocycles. The zero-order valence-electron chi connectivity index (χ0n) is 13.5. The molecular formula is C19H11ClN2O4. The molecule has 0 fully saturated rings. The number of nitrogens with zero attached hydrogens (tertiary/aromatic N) is 2. The molecule has 2 aromatic carbocycles. The minimum atomic E-state index is -0.841. The van der Waals surface area contributed by atoms with E-state index in [1.165, 1.54) is 12.1 Å². The quantitative estimate of drug-likeness (QED) is 0.648. The van der Waals surface area contributed by atoms with Crippen LogP contribution >= 0.6 is 11.6 Å². The Morgan fingerprint density at radius 1 is 1.04 bits per heavy atom. The lowest BCUT2D eigenvalue weighted by Crippen LogP contribution is -2.33. The first kappa shape index (κ1) is 16.2. The second-order valence-electron chi connectivity index (χ2n) is 5.76. The van der Waals surface area contributed by atoms with Crippen LogP contribution in [0.3, 0.4) is 0 Å². The molecule has 128 valence electrons. The van der Waals surface area contributed by atoms with Gasteiger partial charge in [0.25, 0.3) is 11.8 Å². The largest absolute Gasteiger partial charge is 0.365 e. The lowest BCUT2D eigenvalue weighted by molar-refractivity contribution is -0.0585. The molecule has 0 saturated heterocycles. The number of aromatic nitrogens is 1. The van der Waals surface area contributed by atoms with Gasteiger partial charge in [0.1, 0.15) is 0 Å². The molecule has 2 amide bonds. The van der Waals surface area contributed by atoms with Gasteiger partial charge in [-0.15, -0.1) is 0 Å². The lowest BCUT2D eigenvalue weighted by Gasteiger charge is -2.14. The molecule has 2 heterocycles. The van der Waals surface area contributed by atoms with Gasteiger partial charge in [-0.2, -0.15) is 0 Å². The Hall–Kier alpha value is -3.25. The van der Waals surface area contributed by atoms with E-state index in [1.54, 1.807) is 43.3 Å². The Morgan fingerprint density at radius 3 is 2.35 bits per heavy atom. The number of hydrogen-bond acceptors (Lipinski definition) is 5. The topological polar surface area (TPSA) is 76.6 Å². The number of carbonyl (C=O) groups excluding carboxylic acids is 3. The molecule has 0 spiro atoms. The lowest BCUT2D eigenvalue weighted by atomic mass is 10.1. The molecule has 4 rings (SSSR count). The molecule has 1 aliphatic rings. The first-order valence-corrected chi connectivity index (χ1v) is 8.11. The van der Waals surface area contributed by atoms with Gasteiger partial charge in [0.2, 0.25) is 0 Å². The Balaban J connectivity index is 1.68. The van der Waals surface area contributed by atoms with Crippen LogP contribution in [-0.2, 0) is 4.84 Å². The zero-order chi connectivity index (χ0) is 18.4. The molecule has 1 aromatic heterocycles. The summed E-state index contributed by atoms with van der Waals surface area (Å²) in [6.45, 7) is 1.63. The average molecular weight is 367 g/mol. The van der Waals surface area contributed by atoms with E-state index < -0.39 is 17.8 Å². The normalized spacial score (nSPS) is 13.2. The van der Waals surface area contributed by atoms with Crippen LogP contribution in [-0.4, -0.2) is 27.8 Å². The number of imide groups is 1. The summed E-state index contributed by atoms with van der Waals surface area (Å²) in [5.74, 6) is -2.19. The third-order valence-corrected chi connectivity index (χ3v) is 4.44. The molecule has 7 heteroatoms. The Kier molecular flexibility index (Phi) is 3.70. The number of carbonyl (C=O) groups is 3. The summed E-state index contributed by atoms with van der Waals surface area (Å²) in [6.07, 6.45) is 0. The molecule has 26 heavy (non-hydrogen) atoms. The number of halogens is 1. The van der Waals surface area contributed by atoms with E-state index in [4.69, 9.17) is 16.4 Å². The Bertz CT molecular complexity index is 1070. The van der Waals surface area contributed by atoms with Crippen molar-refractivity contribution < 1.29 is 19.2 Å². The molecule has 3 aromatic rings. The highest BCUT2D eigenvalue weighted by molar-refractivity contribution is 6.35. The van der Waals surface area contributed by atoms with Gasteiger partial charge in [0.15, 0.2) is 0 Å². The summed E-state index contributed by atoms with van der Waals surface area (Å²) in [6, 6.07) is 13.1. The van der Waals surface area contributed by atoms with Crippen molar-refractivity contribution >= 4 is 40.3 Å². The van der Waals surface area contributed by atoms with Crippen LogP contribution in [0.2, 0.25) is 5.02 Å². The number of para-hydroxylation sites is 1. The summed E-state index contributed by atoms with van der Waals surface area (Å²) in [7, 11) is 0. The summed E-state index contributed by atoms with van der Waals surface area (Å²) < 4.78 is 0. The van der Waals surface area contributed by atoms with Gasteiger partial charge in [-0.25, -0.2) is 4.79 Å². The van der Waals surface area contributed by atoms with E-state index in [0.717, 1.165) is 0 Å². The zero-order valence-corrected chi connectivity index (χ0v) is 14.3. The molecule has 0 atom stereocenters. The number of pyridine rings is 1. The fourth-order valence-corrected chi connectivity index (χ4v) is 3.07. The summed E-state index contributed by atoms with van der Waals surface area (Å²) in [5.41, 5.74) is 1.49. The van der Waals surface area contributed by atoms with Crippen molar-refractivity contribution in [2.45, 2.75) is 6.92 Å². The van der Waals surface area contributed by atoms with E-state index in [-0.39, 0.29) is 16.7 Å². The van der Waals surface area contributed by atoms with Crippen LogP contribution in [0.4, 0.5) is 0 Å². The maximum atomic E-state index is 12.6. The number of hydrogen-bond donors (Lipinski definition) is 0. The summed E-state index contributed by atoms with van der Waals surface area (Å²) in [5, 5.41) is 1.59. The summed E-state index contributed by atoms with van der Waals surface area (Å²) >= 11 is 6.11. The predicted molar refractivity (Wildman–Crippen MR) is 93.8 cm³/mol. The van der Waals surface area contributed by atoms with Crippen LogP contribution in [0.15, 0.2) is 48.5 Å². The maximum Gasteiger partial charge on any atom is 0.365 e. The number of benzene rings is 2. The molecule has 0 unspecified atom stereocenters. The van der Waals surface area contributed by atoms with Crippen molar-refractivity contribution in [1.82, 2.24) is 10.0 Å². The van der Waals surface area contributed by atoms with Gasteiger partial charge in [0.05, 0.1) is 32.9 Å². The van der Waals surface area contributed by atoms with Crippen molar-refractivity contribution in [3.05, 3.63) is 75.9 Å². The van der Waals surface area contributed by atoms with Crippen molar-refractivity contribution in [2.24, 2.45) is 0 Å². The summed E-state index contributed by atoms with van der Waals surface area (Å²) in [4.78, 5) is 46.6. The fourth-order valence-electron chi connectivity index (χ4n) is 2.84. The Labute approximate surface area is 152 Å². The second-order valence-corrected chi connectivity index (χ2v) is 6.17. The van der Waals surface area contributed by atoms with Gasteiger partial charge in [0, 0.05) is 5.39 Å². The van der Waals surface area contributed by atoms with Gasteiger partial charge >= 0.3 is 5.97 Å². The molecule has 0 N–H and O–H groups in total. The average Bonchev–Trinajstić information content (AvgIpc) is 2.87. The number of fused-ring (bicyclic) bond motifs is 2. The van der Waals surface area contributed by atoms with E-state index in [1.807, 2.05) is 0 Å². The van der Waals surface area contributed by atoms with Gasteiger partial charge < -0.3 is 4.84 Å². The van der Waals surface area contributed by atoms with E-state index >= 15 is 0 Å². The monoisotopic (exact) mass is 366 g/mol. The van der Waals surface area contributed by atoms with Crippen LogP contribution in [0.25, 0.3) is 10.9 Å². The molecule has 0 radical (unpaired) electrons. The highest BCUT2D eigenvalue weighted by Crippen LogP contribution is 2.26. The standard InChI is InChI=1S/C19H11ClN2O4/c1-10-14(9-11-5-4-8-15(20)16(11)21-10)19(25)26-22-17(23)12-6-2-3-7-13(12)18(22)24/h2-9H,1H3. The molecule has 0 saturated carbocycles. The van der Waals surface area contributed by atoms with Crippen molar-refractivity contribution in [2.75, 3.05) is 0 Å². The smallest absolute Gasteiger partial charge is 0.324 e. The molecule has 0 bridgehead atoms. The van der Waals surface area contributed by atoms with Crippen LogP contribution in [0.5, 0.6) is 0 Å². The van der Waals surface area contributed by atoms with E-state index in [0.29, 0.717) is 26.7 Å². The minimum Gasteiger partial charge on any atom is -0.324 e. The van der Waals surface area contributed by atoms with Gasteiger partial charge in [-0.05, 0) is 31.2 Å². The third-order valence-electron chi connectivity index (χ3n) is 4.14. The highest BCUT2D eigenvalue weighted by Gasteiger charge is 2.39. The van der Waals surface area contributed by atoms with Gasteiger partial charge in [-0.3, -0.25) is 14.6 Å². The second kappa shape index (κ2) is 5.93. The number of rotatable bonds is 2. The first-order chi connectivity index (χ1) is 12.5. The molecular weight excluding hydrogens is 356 g/mol. The first-order valence-electron chi connectivity index (χ1n) is 7.73. The van der Waals surface area contributed by atoms with Crippen molar-refractivity contribution in [1.29, 1.82) is 0 Å². The van der Waals surface area contributed by atoms with E-state index in [2.05, 4.69) is 4.98 Å². The molecule has 1 aliphatic heterocycles. The third kappa shape index (κ3) is 2.43. The SMILES string of the molecule is Cc1nc2c(Cl)cccc2cc1C(=O)ON1C(=O)c2ccccc2C1=O. The maximum absolute atomic E-state index is 12.6. The number of hydroxylamine groups is 2. The van der Waals surface area contributed by atoms with Crippen LogP contribution < -0.4 is 0 Å². The van der Waals surface area contributed by atoms with Crippen LogP contribution in [0, 0.1) is 6.92 Å². The van der Waals surface area contributed by atoms with Crippen LogP contribution in [0.1, 0.15) is 36.8 Å². The minimum absolute atomic E-state index is 0.149. The van der Waals surface area contributed by atoms with Gasteiger partial charge in [-0.1, -0.05) is 40.9 Å². The predicted octanol–water partition coefficient (Wildman–Crippen LogP) is 3.56. The van der Waals surface area contributed by atoms with E-state index in [9.17, 15) is 14.4 Å². The highest BCUT2D eigenvalue weighted by atomic mass is 35.5. The fraction of sp³-hybridized carbons (Fsp3) is 0.0526. The number of amides is 2. The number of aryl methyl sites for hydroxylation is 1.